The van der Waals surface area contributed by atoms with Gasteiger partial charge in [-0.1, -0.05) is 18.8 Å². The van der Waals surface area contributed by atoms with Crippen molar-refractivity contribution in [3.05, 3.63) is 48.6 Å². The molecule has 28 heavy (non-hydrogen) atoms. The van der Waals surface area contributed by atoms with E-state index in [1.54, 1.807) is 0 Å². The minimum absolute atomic E-state index is 0.0792. The summed E-state index contributed by atoms with van der Waals surface area (Å²) >= 11 is 0. The van der Waals surface area contributed by atoms with Crippen molar-refractivity contribution in [1.29, 1.82) is 0 Å². The molecule has 2 amide bonds. The number of carboxylic acids is 1. The summed E-state index contributed by atoms with van der Waals surface area (Å²) in [5.41, 5.74) is 1.91. The lowest BCUT2D eigenvalue weighted by atomic mass is 10.0. The van der Waals surface area contributed by atoms with E-state index in [9.17, 15) is 23.2 Å². The van der Waals surface area contributed by atoms with E-state index in [1.807, 2.05) is 0 Å². The van der Waals surface area contributed by atoms with E-state index in [2.05, 4.69) is 30.3 Å². The van der Waals surface area contributed by atoms with Crippen LogP contribution in [0.5, 0.6) is 0 Å². The molecule has 0 heterocycles. The van der Waals surface area contributed by atoms with Crippen molar-refractivity contribution >= 4 is 17.8 Å². The van der Waals surface area contributed by atoms with Gasteiger partial charge in [-0.25, -0.2) is 14.3 Å². The predicted molar refractivity (Wildman–Crippen MR) is 97.8 cm³/mol. The van der Waals surface area contributed by atoms with Crippen LogP contribution in [0.1, 0.15) is 35.7 Å². The maximum Gasteiger partial charge on any atom is 0.304 e. The summed E-state index contributed by atoms with van der Waals surface area (Å²) in [6.45, 7) is 7.07. The standard InChI is InChI=1S/C17H18F2N2O5.C2H4/c1-10(15(18)19)14(17(25)21-26)20-16(24)12-8-6-11(7-9-12)4-2-3-5-13(22)23;1-2/h6-10,14-15,26H,3,5H2,1H3,(H,20,24)(H,21,25)(H,22,23);1-2H2. The first-order valence-corrected chi connectivity index (χ1v) is 8.10. The minimum Gasteiger partial charge on any atom is -0.481 e. The van der Waals surface area contributed by atoms with Gasteiger partial charge in [0.05, 0.1) is 6.42 Å². The van der Waals surface area contributed by atoms with E-state index in [4.69, 9.17) is 10.3 Å². The van der Waals surface area contributed by atoms with Gasteiger partial charge < -0.3 is 10.4 Å². The lowest BCUT2D eigenvalue weighted by molar-refractivity contribution is -0.137. The maximum atomic E-state index is 12.8. The van der Waals surface area contributed by atoms with Gasteiger partial charge in [0.25, 0.3) is 11.8 Å². The zero-order valence-corrected chi connectivity index (χ0v) is 15.2. The number of nitrogens with one attached hydrogen (secondary N) is 2. The Morgan fingerprint density at radius 2 is 1.75 bits per heavy atom. The Kier molecular flexibility index (Phi) is 11.5. The van der Waals surface area contributed by atoms with Gasteiger partial charge in [-0.15, -0.1) is 13.2 Å². The summed E-state index contributed by atoms with van der Waals surface area (Å²) in [6, 6.07) is 4.17. The van der Waals surface area contributed by atoms with Gasteiger partial charge in [0, 0.05) is 23.5 Å². The van der Waals surface area contributed by atoms with Crippen molar-refractivity contribution < 1.29 is 33.5 Å². The summed E-state index contributed by atoms with van der Waals surface area (Å²) in [7, 11) is 0. The Hall–Kier alpha value is -3.25. The third-order valence-corrected chi connectivity index (χ3v) is 3.45. The molecule has 9 heteroatoms. The number of alkyl halides is 2. The molecule has 1 aromatic rings. The van der Waals surface area contributed by atoms with Crippen molar-refractivity contribution in [2.45, 2.75) is 32.2 Å². The molecule has 0 saturated heterocycles. The number of benzene rings is 1. The Balaban J connectivity index is 0.00000352. The normalized spacial score (nSPS) is 11.8. The lowest BCUT2D eigenvalue weighted by Crippen LogP contribution is -2.51. The van der Waals surface area contributed by atoms with Crippen LogP contribution in [-0.4, -0.2) is 40.6 Å². The topological polar surface area (TPSA) is 116 Å². The fourth-order valence-electron chi connectivity index (χ4n) is 1.91. The summed E-state index contributed by atoms with van der Waals surface area (Å²) in [4.78, 5) is 34.0. The minimum atomic E-state index is -2.87. The number of rotatable bonds is 7. The fourth-order valence-corrected chi connectivity index (χ4v) is 1.91. The third kappa shape index (κ3) is 8.42. The molecule has 1 aromatic carbocycles. The molecule has 0 radical (unpaired) electrons. The Bertz CT molecular complexity index is 726. The average Bonchev–Trinajstić information content (AvgIpc) is 2.69. The van der Waals surface area contributed by atoms with E-state index in [0.717, 1.165) is 6.92 Å². The quantitative estimate of drug-likeness (QED) is 0.244. The van der Waals surface area contributed by atoms with Crippen LogP contribution >= 0.6 is 0 Å². The van der Waals surface area contributed by atoms with Crippen LogP contribution in [0.25, 0.3) is 0 Å². The molecule has 0 bridgehead atoms. The van der Waals surface area contributed by atoms with Crippen molar-refractivity contribution in [2.75, 3.05) is 0 Å². The Morgan fingerprint density at radius 3 is 2.21 bits per heavy atom. The van der Waals surface area contributed by atoms with Crippen molar-refractivity contribution in [2.24, 2.45) is 5.92 Å². The zero-order valence-electron chi connectivity index (χ0n) is 15.2. The highest BCUT2D eigenvalue weighted by Crippen LogP contribution is 2.15. The van der Waals surface area contributed by atoms with Crippen LogP contribution in [0.15, 0.2) is 37.4 Å². The monoisotopic (exact) mass is 396 g/mol. The van der Waals surface area contributed by atoms with Crippen molar-refractivity contribution in [1.82, 2.24) is 10.8 Å². The maximum absolute atomic E-state index is 12.8. The molecule has 0 fully saturated rings. The highest BCUT2D eigenvalue weighted by Gasteiger charge is 2.32. The summed E-state index contributed by atoms with van der Waals surface area (Å²) in [6.07, 6.45) is -2.77. The first kappa shape index (κ1) is 24.8. The molecular weight excluding hydrogens is 374 g/mol. The van der Waals surface area contributed by atoms with Gasteiger partial charge >= 0.3 is 5.97 Å². The highest BCUT2D eigenvalue weighted by atomic mass is 19.3. The number of halogens is 2. The molecule has 0 aliphatic heterocycles. The molecule has 0 aliphatic rings. The predicted octanol–water partition coefficient (Wildman–Crippen LogP) is 2.21. The van der Waals surface area contributed by atoms with Gasteiger partial charge in [-0.2, -0.15) is 0 Å². The van der Waals surface area contributed by atoms with Crippen molar-refractivity contribution in [3.8, 4) is 11.8 Å². The average molecular weight is 396 g/mol. The van der Waals surface area contributed by atoms with Gasteiger partial charge in [0.1, 0.15) is 6.04 Å². The number of aliphatic carboxylic acids is 1. The molecule has 0 aliphatic carbocycles. The molecule has 0 spiro atoms. The van der Waals surface area contributed by atoms with Gasteiger partial charge in [0.2, 0.25) is 6.43 Å². The molecule has 7 nitrogen and oxygen atoms in total. The fraction of sp³-hybridized carbons (Fsp3) is 0.316. The SMILES string of the molecule is C=C.CC(C(F)F)C(NC(=O)c1ccc(C#CCCC(=O)O)cc1)C(=O)NO. The van der Waals surface area contributed by atoms with Crippen LogP contribution in [0, 0.1) is 17.8 Å². The van der Waals surface area contributed by atoms with E-state index in [1.165, 1.54) is 29.7 Å². The first-order chi connectivity index (χ1) is 13.3. The third-order valence-electron chi connectivity index (χ3n) is 3.45. The smallest absolute Gasteiger partial charge is 0.304 e. The molecule has 2 atom stereocenters. The van der Waals surface area contributed by atoms with Crippen LogP contribution in [0.2, 0.25) is 0 Å². The second-order valence-corrected chi connectivity index (χ2v) is 5.39. The molecule has 1 rings (SSSR count). The number of carbonyl (C=O) groups is 3. The number of hydrogen-bond donors (Lipinski definition) is 4. The summed E-state index contributed by atoms with van der Waals surface area (Å²) in [5.74, 6) is 1.02. The molecule has 152 valence electrons. The summed E-state index contributed by atoms with van der Waals surface area (Å²) < 4.78 is 25.6. The largest absolute Gasteiger partial charge is 0.481 e. The van der Waals surface area contributed by atoms with E-state index >= 15 is 0 Å². The van der Waals surface area contributed by atoms with E-state index < -0.39 is 36.2 Å². The Labute approximate surface area is 161 Å². The lowest BCUT2D eigenvalue weighted by Gasteiger charge is -2.22. The van der Waals surface area contributed by atoms with Crippen LogP contribution in [0.3, 0.4) is 0 Å². The van der Waals surface area contributed by atoms with Crippen LogP contribution in [-0.2, 0) is 9.59 Å². The van der Waals surface area contributed by atoms with E-state index in [-0.39, 0.29) is 18.4 Å². The Morgan fingerprint density at radius 1 is 1.18 bits per heavy atom. The number of amides is 2. The molecule has 0 aromatic heterocycles. The zero-order chi connectivity index (χ0) is 21.7. The number of hydroxylamine groups is 1. The second kappa shape index (κ2) is 13.0. The molecule has 0 saturated carbocycles. The van der Waals surface area contributed by atoms with E-state index in [0.29, 0.717) is 5.56 Å². The molecule has 4 N–H and O–H groups in total. The highest BCUT2D eigenvalue weighted by molar-refractivity contribution is 5.97. The summed E-state index contributed by atoms with van der Waals surface area (Å²) in [5, 5.41) is 19.3. The number of carbonyl (C=O) groups excluding carboxylic acids is 2. The van der Waals surface area contributed by atoms with Gasteiger partial charge in [0.15, 0.2) is 0 Å². The second-order valence-electron chi connectivity index (χ2n) is 5.39. The number of hydrogen-bond acceptors (Lipinski definition) is 4. The van der Waals surface area contributed by atoms with Gasteiger partial charge in [-0.05, 0) is 24.3 Å². The van der Waals surface area contributed by atoms with Crippen molar-refractivity contribution in [3.63, 3.8) is 0 Å². The molecule has 2 unspecified atom stereocenters. The van der Waals surface area contributed by atoms with Gasteiger partial charge in [-0.3, -0.25) is 19.6 Å². The molecular formula is C19H22F2N2O5. The number of carboxylic acid groups (broad SMARTS) is 1. The van der Waals surface area contributed by atoms with Crippen LogP contribution < -0.4 is 10.8 Å². The first-order valence-electron chi connectivity index (χ1n) is 8.10. The van der Waals surface area contributed by atoms with Crippen LogP contribution in [0.4, 0.5) is 8.78 Å².